The zero-order chi connectivity index (χ0) is 17.3. The highest BCUT2D eigenvalue weighted by Gasteiger charge is 2.39. The molecule has 0 bridgehead atoms. The summed E-state index contributed by atoms with van der Waals surface area (Å²) in [7, 11) is 0. The van der Waals surface area contributed by atoms with Crippen LogP contribution in [0.25, 0.3) is 0 Å². The molecular weight excluding hydrogens is 336 g/mol. The normalized spacial score (nSPS) is 24.3. The van der Waals surface area contributed by atoms with Crippen LogP contribution < -0.4 is 4.90 Å². The number of nitrogens with zero attached hydrogens (tertiary/aromatic N) is 2. The van der Waals surface area contributed by atoms with Crippen LogP contribution in [0.15, 0.2) is 24.3 Å². The Balaban J connectivity index is 1.70. The minimum absolute atomic E-state index is 0.00491. The second-order valence-corrected chi connectivity index (χ2v) is 6.25. The van der Waals surface area contributed by atoms with Crippen molar-refractivity contribution in [1.29, 1.82) is 0 Å². The number of benzene rings is 1. The molecule has 2 heterocycles. The Morgan fingerprint density at radius 3 is 2.71 bits per heavy atom. The molecule has 1 aromatic carbocycles. The van der Waals surface area contributed by atoms with Gasteiger partial charge in [0.25, 0.3) is 0 Å². The molecule has 7 nitrogen and oxygen atoms in total. The van der Waals surface area contributed by atoms with Crippen molar-refractivity contribution in [2.24, 2.45) is 5.92 Å². The first kappa shape index (κ1) is 16.7. The molecule has 0 aromatic heterocycles. The number of carbonyl (C=O) groups excluding carboxylic acids is 2. The largest absolute Gasteiger partial charge is 0.479 e. The second-order valence-electron chi connectivity index (χ2n) is 5.84. The summed E-state index contributed by atoms with van der Waals surface area (Å²) >= 11 is 6.13. The maximum atomic E-state index is 12.6. The Morgan fingerprint density at radius 2 is 2.00 bits per heavy atom. The van der Waals surface area contributed by atoms with E-state index in [2.05, 4.69) is 0 Å². The van der Waals surface area contributed by atoms with E-state index in [-0.39, 0.29) is 37.9 Å². The fraction of sp³-hybridized carbons (Fsp3) is 0.438. The molecule has 2 saturated heterocycles. The number of halogens is 1. The monoisotopic (exact) mass is 352 g/mol. The smallest absolute Gasteiger partial charge is 0.334 e. The molecule has 1 N–H and O–H groups in total. The van der Waals surface area contributed by atoms with Gasteiger partial charge in [0.1, 0.15) is 0 Å². The summed E-state index contributed by atoms with van der Waals surface area (Å²) in [6.07, 6.45) is -0.918. The Morgan fingerprint density at radius 1 is 1.25 bits per heavy atom. The first-order chi connectivity index (χ1) is 11.5. The number of morpholine rings is 1. The SMILES string of the molecule is O=C(O)[C@H]1CN(C(=O)[C@@H]2CC(=O)N(c3ccccc3Cl)C2)CCO1. The van der Waals surface area contributed by atoms with Gasteiger partial charge in [-0.3, -0.25) is 9.59 Å². The van der Waals surface area contributed by atoms with Crippen LogP contribution in [0.4, 0.5) is 5.69 Å². The number of hydrogen-bond acceptors (Lipinski definition) is 4. The first-order valence-electron chi connectivity index (χ1n) is 7.65. The van der Waals surface area contributed by atoms with Crippen LogP contribution in [-0.2, 0) is 19.1 Å². The van der Waals surface area contributed by atoms with Gasteiger partial charge in [0.15, 0.2) is 6.10 Å². The van der Waals surface area contributed by atoms with Crippen LogP contribution >= 0.6 is 11.6 Å². The maximum absolute atomic E-state index is 12.6. The van der Waals surface area contributed by atoms with Gasteiger partial charge in [0, 0.05) is 19.5 Å². The van der Waals surface area contributed by atoms with Gasteiger partial charge in [-0.2, -0.15) is 0 Å². The van der Waals surface area contributed by atoms with Crippen LogP contribution in [0.5, 0.6) is 0 Å². The van der Waals surface area contributed by atoms with Crippen molar-refractivity contribution in [3.63, 3.8) is 0 Å². The lowest BCUT2D eigenvalue weighted by atomic mass is 10.1. The van der Waals surface area contributed by atoms with Crippen molar-refractivity contribution >= 4 is 35.1 Å². The third-order valence-electron chi connectivity index (χ3n) is 4.27. The molecule has 0 spiro atoms. The summed E-state index contributed by atoms with van der Waals surface area (Å²) in [5, 5.41) is 9.48. The zero-order valence-electron chi connectivity index (χ0n) is 12.9. The summed E-state index contributed by atoms with van der Waals surface area (Å²) in [5.74, 6) is -1.97. The van der Waals surface area contributed by atoms with Crippen molar-refractivity contribution in [2.75, 3.05) is 31.1 Å². The van der Waals surface area contributed by atoms with E-state index < -0.39 is 18.0 Å². The molecular formula is C16H17ClN2O5. The number of ether oxygens (including phenoxy) is 1. The fourth-order valence-electron chi connectivity index (χ4n) is 3.03. The molecule has 2 aliphatic rings. The molecule has 0 aliphatic carbocycles. The van der Waals surface area contributed by atoms with E-state index in [0.717, 1.165) is 0 Å². The summed E-state index contributed by atoms with van der Waals surface area (Å²) in [5.41, 5.74) is 0.588. The van der Waals surface area contributed by atoms with E-state index in [0.29, 0.717) is 17.3 Å². The van der Waals surface area contributed by atoms with Crippen molar-refractivity contribution in [2.45, 2.75) is 12.5 Å². The third kappa shape index (κ3) is 3.22. The average molecular weight is 353 g/mol. The lowest BCUT2D eigenvalue weighted by Gasteiger charge is -2.32. The van der Waals surface area contributed by atoms with E-state index in [1.54, 1.807) is 24.3 Å². The lowest BCUT2D eigenvalue weighted by molar-refractivity contribution is -0.160. The summed E-state index contributed by atoms with van der Waals surface area (Å²) < 4.78 is 5.12. The molecule has 0 unspecified atom stereocenters. The summed E-state index contributed by atoms with van der Waals surface area (Å²) in [6.45, 7) is 0.762. The average Bonchev–Trinajstić information content (AvgIpc) is 2.96. The third-order valence-corrected chi connectivity index (χ3v) is 4.59. The molecule has 2 aliphatic heterocycles. The molecule has 8 heteroatoms. The predicted molar refractivity (Wildman–Crippen MR) is 85.9 cm³/mol. The Labute approximate surface area is 143 Å². The van der Waals surface area contributed by atoms with Crippen LogP contribution in [0.1, 0.15) is 6.42 Å². The number of carbonyl (C=O) groups is 3. The molecule has 2 fully saturated rings. The predicted octanol–water partition coefficient (Wildman–Crippen LogP) is 1.00. The number of carboxylic acids is 1. The van der Waals surface area contributed by atoms with Crippen LogP contribution in [0.2, 0.25) is 5.02 Å². The van der Waals surface area contributed by atoms with Gasteiger partial charge in [0.05, 0.1) is 29.8 Å². The van der Waals surface area contributed by atoms with Crippen molar-refractivity contribution in [3.05, 3.63) is 29.3 Å². The Hall–Kier alpha value is -2.12. The van der Waals surface area contributed by atoms with Gasteiger partial charge >= 0.3 is 5.97 Å². The standard InChI is InChI=1S/C16H17ClN2O5/c17-11-3-1-2-4-12(11)19-8-10(7-14(19)20)15(21)18-5-6-24-13(9-18)16(22)23/h1-4,10,13H,5-9H2,(H,22,23)/t10-,13-/m1/s1. The molecule has 1 aromatic rings. The topological polar surface area (TPSA) is 87.2 Å². The minimum atomic E-state index is -1.09. The van der Waals surface area contributed by atoms with Crippen LogP contribution in [0.3, 0.4) is 0 Å². The highest BCUT2D eigenvalue weighted by atomic mass is 35.5. The quantitative estimate of drug-likeness (QED) is 0.877. The van der Waals surface area contributed by atoms with E-state index in [4.69, 9.17) is 21.4 Å². The zero-order valence-corrected chi connectivity index (χ0v) is 13.6. The molecule has 0 radical (unpaired) electrons. The van der Waals surface area contributed by atoms with E-state index in [1.807, 2.05) is 0 Å². The van der Waals surface area contributed by atoms with E-state index in [1.165, 1.54) is 9.80 Å². The van der Waals surface area contributed by atoms with Crippen LogP contribution in [0, 0.1) is 5.92 Å². The van der Waals surface area contributed by atoms with Crippen molar-refractivity contribution in [3.8, 4) is 0 Å². The van der Waals surface area contributed by atoms with Gasteiger partial charge in [-0.05, 0) is 12.1 Å². The molecule has 2 amide bonds. The number of aliphatic carboxylic acids is 1. The number of amides is 2. The molecule has 2 atom stereocenters. The van der Waals surface area contributed by atoms with Crippen molar-refractivity contribution < 1.29 is 24.2 Å². The minimum Gasteiger partial charge on any atom is -0.479 e. The second kappa shape index (κ2) is 6.78. The highest BCUT2D eigenvalue weighted by molar-refractivity contribution is 6.33. The van der Waals surface area contributed by atoms with Crippen molar-refractivity contribution in [1.82, 2.24) is 4.90 Å². The van der Waals surface area contributed by atoms with Gasteiger partial charge in [0.2, 0.25) is 11.8 Å². The number of para-hydroxylation sites is 1. The lowest BCUT2D eigenvalue weighted by Crippen LogP contribution is -2.50. The number of rotatable bonds is 3. The Kier molecular flexibility index (Phi) is 4.73. The molecule has 24 heavy (non-hydrogen) atoms. The van der Waals surface area contributed by atoms with Crippen LogP contribution in [-0.4, -0.2) is 60.1 Å². The van der Waals surface area contributed by atoms with Gasteiger partial charge < -0.3 is 19.6 Å². The van der Waals surface area contributed by atoms with E-state index in [9.17, 15) is 14.4 Å². The highest BCUT2D eigenvalue weighted by Crippen LogP contribution is 2.31. The van der Waals surface area contributed by atoms with Gasteiger partial charge in [-0.25, -0.2) is 4.79 Å². The van der Waals surface area contributed by atoms with E-state index >= 15 is 0 Å². The summed E-state index contributed by atoms with van der Waals surface area (Å²) in [6, 6.07) is 6.99. The number of anilines is 1. The van der Waals surface area contributed by atoms with Gasteiger partial charge in [-0.15, -0.1) is 0 Å². The Bertz CT molecular complexity index is 680. The molecule has 3 rings (SSSR count). The summed E-state index contributed by atoms with van der Waals surface area (Å²) in [4.78, 5) is 38.9. The fourth-order valence-corrected chi connectivity index (χ4v) is 3.27. The molecule has 128 valence electrons. The van der Waals surface area contributed by atoms with Gasteiger partial charge in [-0.1, -0.05) is 23.7 Å². The number of hydrogen-bond donors (Lipinski definition) is 1. The number of carboxylic acid groups (broad SMARTS) is 1. The molecule has 0 saturated carbocycles. The maximum Gasteiger partial charge on any atom is 0.334 e. The first-order valence-corrected chi connectivity index (χ1v) is 8.03.